The number of nitrogens with zero attached hydrogens (tertiary/aromatic N) is 1. The molecule has 0 atom stereocenters. The summed E-state index contributed by atoms with van der Waals surface area (Å²) < 4.78 is 0. The molecule has 0 aliphatic rings. The van der Waals surface area contributed by atoms with Crippen LogP contribution in [0.5, 0.6) is 0 Å². The highest BCUT2D eigenvalue weighted by Gasteiger charge is 2.13. The molecule has 0 fully saturated rings. The quantitative estimate of drug-likeness (QED) is 0.845. The van der Waals surface area contributed by atoms with E-state index in [1.807, 2.05) is 0 Å². The third-order valence-corrected chi connectivity index (χ3v) is 2.71. The summed E-state index contributed by atoms with van der Waals surface area (Å²) in [5, 5.41) is 6.93. The Kier molecular flexibility index (Phi) is 5.36. The summed E-state index contributed by atoms with van der Waals surface area (Å²) in [5.74, 6) is 1.42. The molecule has 2 N–H and O–H groups in total. The van der Waals surface area contributed by atoms with Gasteiger partial charge in [0.25, 0.3) is 0 Å². The van der Waals surface area contributed by atoms with Gasteiger partial charge in [-0.15, -0.1) is 0 Å². The van der Waals surface area contributed by atoms with Gasteiger partial charge in [-0.1, -0.05) is 27.7 Å². The van der Waals surface area contributed by atoms with Gasteiger partial charge in [-0.25, -0.2) is 4.98 Å². The molecule has 0 aliphatic carbocycles. The van der Waals surface area contributed by atoms with Crippen LogP contribution in [0.15, 0.2) is 12.1 Å². The average molecular weight is 263 g/mol. The van der Waals surface area contributed by atoms with Crippen LogP contribution in [0.1, 0.15) is 65.6 Å². The number of hydrogen-bond acceptors (Lipinski definition) is 3. The molecule has 0 aromatic carbocycles. The normalized spacial score (nSPS) is 12.3. The van der Waals surface area contributed by atoms with Gasteiger partial charge < -0.3 is 10.6 Å². The Morgan fingerprint density at radius 2 is 1.74 bits per heavy atom. The number of rotatable bonds is 5. The zero-order valence-electron chi connectivity index (χ0n) is 13.5. The van der Waals surface area contributed by atoms with Crippen LogP contribution < -0.4 is 10.6 Å². The fourth-order valence-corrected chi connectivity index (χ4v) is 1.78. The first-order chi connectivity index (χ1) is 8.67. The predicted octanol–water partition coefficient (Wildman–Crippen LogP) is 3.91. The lowest BCUT2D eigenvalue weighted by Crippen LogP contribution is -2.27. The molecule has 0 unspecified atom stereocenters. The van der Waals surface area contributed by atoms with Crippen LogP contribution in [0.4, 0.5) is 5.82 Å². The van der Waals surface area contributed by atoms with Crippen molar-refractivity contribution >= 4 is 5.82 Å². The predicted molar refractivity (Wildman–Crippen MR) is 83.7 cm³/mol. The van der Waals surface area contributed by atoms with Gasteiger partial charge in [-0.2, -0.15) is 0 Å². The van der Waals surface area contributed by atoms with E-state index in [1.54, 1.807) is 0 Å². The zero-order valence-corrected chi connectivity index (χ0v) is 13.5. The third kappa shape index (κ3) is 6.06. The number of nitrogens with one attached hydrogen (secondary N) is 2. The smallest absolute Gasteiger partial charge is 0.126 e. The van der Waals surface area contributed by atoms with E-state index in [2.05, 4.69) is 71.2 Å². The highest BCUT2D eigenvalue weighted by Crippen LogP contribution is 2.20. The van der Waals surface area contributed by atoms with Gasteiger partial charge in [0.1, 0.15) is 5.82 Å². The van der Waals surface area contributed by atoms with Gasteiger partial charge in [0, 0.05) is 23.8 Å². The van der Waals surface area contributed by atoms with E-state index in [9.17, 15) is 0 Å². The minimum atomic E-state index is 0.0331. The van der Waals surface area contributed by atoms with Crippen LogP contribution in [0.2, 0.25) is 0 Å². The molecular weight excluding hydrogens is 234 g/mol. The summed E-state index contributed by atoms with van der Waals surface area (Å²) in [6, 6.07) is 4.84. The van der Waals surface area contributed by atoms with Crippen LogP contribution in [0.3, 0.4) is 0 Å². The molecule has 19 heavy (non-hydrogen) atoms. The van der Waals surface area contributed by atoms with Gasteiger partial charge >= 0.3 is 0 Å². The molecule has 0 radical (unpaired) electrons. The molecule has 1 heterocycles. The van der Waals surface area contributed by atoms with Gasteiger partial charge in [0.15, 0.2) is 0 Å². The van der Waals surface area contributed by atoms with Crippen LogP contribution in [-0.4, -0.2) is 16.6 Å². The Bertz CT molecular complexity index is 403. The number of anilines is 1. The van der Waals surface area contributed by atoms with E-state index in [0.717, 1.165) is 18.1 Å². The zero-order chi connectivity index (χ0) is 14.6. The maximum Gasteiger partial charge on any atom is 0.126 e. The summed E-state index contributed by atoms with van der Waals surface area (Å²) in [4.78, 5) is 4.71. The summed E-state index contributed by atoms with van der Waals surface area (Å²) in [7, 11) is 0. The van der Waals surface area contributed by atoms with Crippen molar-refractivity contribution in [1.82, 2.24) is 10.3 Å². The van der Waals surface area contributed by atoms with Crippen molar-refractivity contribution in [2.45, 2.75) is 72.5 Å². The summed E-state index contributed by atoms with van der Waals surface area (Å²) in [5.41, 5.74) is 2.47. The lowest BCUT2D eigenvalue weighted by molar-refractivity contribution is 0.586. The maximum absolute atomic E-state index is 4.71. The van der Waals surface area contributed by atoms with Crippen LogP contribution in [0, 0.1) is 0 Å². The number of aromatic nitrogens is 1. The van der Waals surface area contributed by atoms with E-state index in [-0.39, 0.29) is 5.54 Å². The Balaban J connectivity index is 2.97. The first-order valence-corrected chi connectivity index (χ1v) is 7.20. The van der Waals surface area contributed by atoms with Gasteiger partial charge in [0.2, 0.25) is 0 Å². The Hall–Kier alpha value is -1.09. The Morgan fingerprint density at radius 3 is 2.21 bits per heavy atom. The number of hydrogen-bond donors (Lipinski definition) is 2. The van der Waals surface area contributed by atoms with E-state index < -0.39 is 0 Å². The molecule has 1 aromatic rings. The third-order valence-electron chi connectivity index (χ3n) is 2.71. The SMILES string of the molecule is CC(C)NCc1cc(NC(C)(C)C)nc(C(C)C)c1. The average Bonchev–Trinajstić information content (AvgIpc) is 2.23. The van der Waals surface area contributed by atoms with Crippen molar-refractivity contribution < 1.29 is 0 Å². The second kappa shape index (κ2) is 6.38. The Labute approximate surface area is 118 Å². The molecule has 3 nitrogen and oxygen atoms in total. The molecule has 0 spiro atoms. The van der Waals surface area contributed by atoms with Gasteiger partial charge in [-0.05, 0) is 44.4 Å². The molecular formula is C16H29N3. The maximum atomic E-state index is 4.71. The molecule has 1 aromatic heterocycles. The fourth-order valence-electron chi connectivity index (χ4n) is 1.78. The second-order valence-electron chi connectivity index (χ2n) is 6.85. The highest BCUT2D eigenvalue weighted by molar-refractivity contribution is 5.42. The largest absolute Gasteiger partial charge is 0.365 e. The lowest BCUT2D eigenvalue weighted by Gasteiger charge is -2.23. The minimum Gasteiger partial charge on any atom is -0.365 e. The molecule has 0 saturated heterocycles. The van der Waals surface area contributed by atoms with Crippen molar-refractivity contribution in [3.05, 3.63) is 23.4 Å². The van der Waals surface area contributed by atoms with E-state index >= 15 is 0 Å². The lowest BCUT2D eigenvalue weighted by atomic mass is 10.1. The minimum absolute atomic E-state index is 0.0331. The van der Waals surface area contributed by atoms with Crippen molar-refractivity contribution in [3.8, 4) is 0 Å². The molecule has 0 saturated carbocycles. The van der Waals surface area contributed by atoms with Crippen molar-refractivity contribution in [2.75, 3.05) is 5.32 Å². The molecule has 3 heteroatoms. The van der Waals surface area contributed by atoms with Gasteiger partial charge in [-0.3, -0.25) is 0 Å². The van der Waals surface area contributed by atoms with E-state index in [0.29, 0.717) is 12.0 Å². The number of pyridine rings is 1. The van der Waals surface area contributed by atoms with Crippen LogP contribution in [0.25, 0.3) is 0 Å². The molecule has 0 bridgehead atoms. The monoisotopic (exact) mass is 263 g/mol. The van der Waals surface area contributed by atoms with Gasteiger partial charge in [0.05, 0.1) is 0 Å². The summed E-state index contributed by atoms with van der Waals surface area (Å²) >= 11 is 0. The first-order valence-electron chi connectivity index (χ1n) is 7.20. The molecule has 108 valence electrons. The standard InChI is InChI=1S/C16H29N3/c1-11(2)14-8-13(10-17-12(3)4)9-15(18-14)19-16(5,6)7/h8-9,11-12,17H,10H2,1-7H3,(H,18,19). The topological polar surface area (TPSA) is 37.0 Å². The highest BCUT2D eigenvalue weighted by atomic mass is 15.0. The molecule has 0 aliphatic heterocycles. The first kappa shape index (κ1) is 16.0. The van der Waals surface area contributed by atoms with Crippen molar-refractivity contribution in [1.29, 1.82) is 0 Å². The Morgan fingerprint density at radius 1 is 1.11 bits per heavy atom. The van der Waals surface area contributed by atoms with Crippen LogP contribution in [-0.2, 0) is 6.54 Å². The van der Waals surface area contributed by atoms with E-state index in [4.69, 9.17) is 4.98 Å². The van der Waals surface area contributed by atoms with Crippen molar-refractivity contribution in [2.24, 2.45) is 0 Å². The van der Waals surface area contributed by atoms with E-state index in [1.165, 1.54) is 5.56 Å². The fraction of sp³-hybridized carbons (Fsp3) is 0.688. The van der Waals surface area contributed by atoms with Crippen molar-refractivity contribution in [3.63, 3.8) is 0 Å². The van der Waals surface area contributed by atoms with Crippen LogP contribution >= 0.6 is 0 Å². The molecule has 0 amide bonds. The summed E-state index contributed by atoms with van der Waals surface area (Å²) in [6.45, 7) is 16.1. The molecule has 1 rings (SSSR count). The summed E-state index contributed by atoms with van der Waals surface area (Å²) in [6.07, 6.45) is 0. The second-order valence-corrected chi connectivity index (χ2v) is 6.85.